The first kappa shape index (κ1) is 22.0. The van der Waals surface area contributed by atoms with Crippen molar-refractivity contribution in [2.45, 2.75) is 46.5 Å². The maximum Gasteiger partial charge on any atom is 0.308 e. The molecule has 0 atom stereocenters. The molecular formula is C19H22O8. The number of rotatable bonds is 10. The van der Waals surface area contributed by atoms with Gasteiger partial charge in [0.05, 0.1) is 6.61 Å². The highest BCUT2D eigenvalue weighted by Crippen LogP contribution is 2.32. The molecule has 0 saturated carbocycles. The summed E-state index contributed by atoms with van der Waals surface area (Å²) in [6.45, 7) is 3.82. The number of carbonyl (C=O) groups is 5. The molecule has 146 valence electrons. The number of carbonyl (C=O) groups excluding carboxylic acids is 5. The Morgan fingerprint density at radius 1 is 0.889 bits per heavy atom. The number of hydrogen-bond acceptors (Lipinski definition) is 8. The summed E-state index contributed by atoms with van der Waals surface area (Å²) in [5.41, 5.74) is 0.626. The summed E-state index contributed by atoms with van der Waals surface area (Å²) in [6.07, 6.45) is 0.836. The molecule has 0 aromatic heterocycles. The molecule has 0 aliphatic carbocycles. The van der Waals surface area contributed by atoms with Crippen LogP contribution in [-0.2, 0) is 41.6 Å². The quantitative estimate of drug-likeness (QED) is 0.262. The van der Waals surface area contributed by atoms with Gasteiger partial charge in [0.25, 0.3) is 0 Å². The Morgan fingerprint density at radius 3 is 1.93 bits per heavy atom. The summed E-state index contributed by atoms with van der Waals surface area (Å²) < 4.78 is 15.0. The molecule has 27 heavy (non-hydrogen) atoms. The van der Waals surface area contributed by atoms with Gasteiger partial charge in [0.1, 0.15) is 23.6 Å². The zero-order chi connectivity index (χ0) is 20.4. The van der Waals surface area contributed by atoms with E-state index in [9.17, 15) is 24.0 Å². The van der Waals surface area contributed by atoms with E-state index in [-0.39, 0.29) is 43.2 Å². The van der Waals surface area contributed by atoms with E-state index in [0.717, 1.165) is 0 Å². The first-order chi connectivity index (χ1) is 12.7. The molecule has 1 aromatic carbocycles. The van der Waals surface area contributed by atoms with Crippen molar-refractivity contribution in [2.75, 3.05) is 6.61 Å². The molecule has 0 aliphatic rings. The van der Waals surface area contributed by atoms with Gasteiger partial charge in [0, 0.05) is 51.2 Å². The van der Waals surface area contributed by atoms with Crippen molar-refractivity contribution >= 4 is 30.0 Å². The first-order valence-electron chi connectivity index (χ1n) is 8.34. The van der Waals surface area contributed by atoms with Gasteiger partial charge in [0.15, 0.2) is 0 Å². The lowest BCUT2D eigenvalue weighted by Crippen LogP contribution is -2.14. The molecule has 0 spiro atoms. The lowest BCUT2D eigenvalue weighted by atomic mass is 9.96. The number of hydrogen-bond donors (Lipinski definition) is 0. The summed E-state index contributed by atoms with van der Waals surface area (Å²) in [7, 11) is 0. The standard InChI is InChI=1S/C19H22O8/c1-12(21)25-10-4-5-15(24)11-17-16(8-9-20)18(26-13(2)22)6-7-19(17)27-14(3)23/h6-7,9H,4-5,8,10-11H2,1-3H3. The molecule has 8 nitrogen and oxygen atoms in total. The number of benzene rings is 1. The van der Waals surface area contributed by atoms with Crippen LogP contribution in [0.5, 0.6) is 11.5 Å². The average Bonchev–Trinajstić information content (AvgIpc) is 2.55. The van der Waals surface area contributed by atoms with Gasteiger partial charge in [-0.1, -0.05) is 0 Å². The lowest BCUT2D eigenvalue weighted by Gasteiger charge is -2.16. The minimum absolute atomic E-state index is 0.117. The van der Waals surface area contributed by atoms with E-state index in [1.165, 1.54) is 32.9 Å². The van der Waals surface area contributed by atoms with Crippen LogP contribution >= 0.6 is 0 Å². The SMILES string of the molecule is CC(=O)OCCCC(=O)Cc1c(OC(C)=O)ccc(OC(C)=O)c1CC=O. The number of esters is 3. The van der Waals surface area contributed by atoms with Crippen LogP contribution in [0.4, 0.5) is 0 Å². The van der Waals surface area contributed by atoms with E-state index in [0.29, 0.717) is 23.8 Å². The predicted molar refractivity (Wildman–Crippen MR) is 93.4 cm³/mol. The summed E-state index contributed by atoms with van der Waals surface area (Å²) in [4.78, 5) is 56.8. The highest BCUT2D eigenvalue weighted by molar-refractivity contribution is 5.84. The topological polar surface area (TPSA) is 113 Å². The fourth-order valence-electron chi connectivity index (χ4n) is 2.42. The van der Waals surface area contributed by atoms with Crippen molar-refractivity contribution < 1.29 is 38.2 Å². The van der Waals surface area contributed by atoms with E-state index in [4.69, 9.17) is 14.2 Å². The van der Waals surface area contributed by atoms with Crippen LogP contribution in [0, 0.1) is 0 Å². The number of ether oxygens (including phenoxy) is 3. The molecule has 0 bridgehead atoms. The van der Waals surface area contributed by atoms with E-state index >= 15 is 0 Å². The zero-order valence-corrected chi connectivity index (χ0v) is 15.5. The van der Waals surface area contributed by atoms with E-state index in [2.05, 4.69) is 0 Å². The maximum absolute atomic E-state index is 12.3. The summed E-state index contributed by atoms with van der Waals surface area (Å²) in [5.74, 6) is -1.54. The zero-order valence-electron chi connectivity index (χ0n) is 15.5. The van der Waals surface area contributed by atoms with Gasteiger partial charge in [0.2, 0.25) is 0 Å². The van der Waals surface area contributed by atoms with Crippen LogP contribution in [0.15, 0.2) is 12.1 Å². The second kappa shape index (κ2) is 10.8. The number of aldehydes is 1. The summed E-state index contributed by atoms with van der Waals surface area (Å²) in [5, 5.41) is 0. The Hall–Kier alpha value is -3.03. The van der Waals surface area contributed by atoms with Gasteiger partial charge in [-0.25, -0.2) is 0 Å². The molecule has 0 aliphatic heterocycles. The maximum atomic E-state index is 12.3. The van der Waals surface area contributed by atoms with Gasteiger partial charge < -0.3 is 19.0 Å². The van der Waals surface area contributed by atoms with Gasteiger partial charge in [-0.3, -0.25) is 19.2 Å². The molecule has 0 N–H and O–H groups in total. The molecule has 1 rings (SSSR count). The first-order valence-corrected chi connectivity index (χ1v) is 8.34. The molecule has 0 fully saturated rings. The minimum Gasteiger partial charge on any atom is -0.466 e. The van der Waals surface area contributed by atoms with Crippen LogP contribution in [0.25, 0.3) is 0 Å². The van der Waals surface area contributed by atoms with Crippen molar-refractivity contribution in [1.82, 2.24) is 0 Å². The number of Topliss-reactive ketones (excluding diaryl/α,β-unsaturated/α-hetero) is 1. The van der Waals surface area contributed by atoms with Gasteiger partial charge in [-0.15, -0.1) is 0 Å². The second-order valence-electron chi connectivity index (χ2n) is 5.74. The van der Waals surface area contributed by atoms with E-state index in [1.54, 1.807) is 0 Å². The third-order valence-electron chi connectivity index (χ3n) is 3.42. The van der Waals surface area contributed by atoms with Crippen molar-refractivity contribution in [1.29, 1.82) is 0 Å². The highest BCUT2D eigenvalue weighted by Gasteiger charge is 2.20. The highest BCUT2D eigenvalue weighted by atomic mass is 16.5. The summed E-state index contributed by atoms with van der Waals surface area (Å²) in [6, 6.07) is 2.82. The lowest BCUT2D eigenvalue weighted by molar-refractivity contribution is -0.141. The van der Waals surface area contributed by atoms with Crippen molar-refractivity contribution in [3.05, 3.63) is 23.3 Å². The van der Waals surface area contributed by atoms with E-state index < -0.39 is 17.9 Å². The molecule has 8 heteroatoms. The summed E-state index contributed by atoms with van der Waals surface area (Å²) >= 11 is 0. The van der Waals surface area contributed by atoms with Crippen LogP contribution in [0.1, 0.15) is 44.7 Å². The molecule has 0 radical (unpaired) electrons. The Labute approximate surface area is 156 Å². The minimum atomic E-state index is -0.587. The predicted octanol–water partition coefficient (Wildman–Crippen LogP) is 1.73. The molecule has 0 heterocycles. The number of ketones is 1. The van der Waals surface area contributed by atoms with Crippen LogP contribution in [-0.4, -0.2) is 36.6 Å². The third kappa shape index (κ3) is 7.81. The second-order valence-corrected chi connectivity index (χ2v) is 5.74. The third-order valence-corrected chi connectivity index (χ3v) is 3.42. The molecule has 1 aromatic rings. The van der Waals surface area contributed by atoms with Crippen LogP contribution < -0.4 is 9.47 Å². The molecular weight excluding hydrogens is 356 g/mol. The monoisotopic (exact) mass is 378 g/mol. The molecule has 0 amide bonds. The fraction of sp³-hybridized carbons (Fsp3) is 0.421. The fourth-order valence-corrected chi connectivity index (χ4v) is 2.42. The average molecular weight is 378 g/mol. The molecule has 0 saturated heterocycles. The van der Waals surface area contributed by atoms with Crippen molar-refractivity contribution in [3.8, 4) is 11.5 Å². The Balaban J connectivity index is 3.11. The van der Waals surface area contributed by atoms with E-state index in [1.807, 2.05) is 0 Å². The normalized spacial score (nSPS) is 10.0. The van der Waals surface area contributed by atoms with Gasteiger partial charge in [-0.2, -0.15) is 0 Å². The van der Waals surface area contributed by atoms with Crippen LogP contribution in [0.2, 0.25) is 0 Å². The Morgan fingerprint density at radius 2 is 1.44 bits per heavy atom. The van der Waals surface area contributed by atoms with Gasteiger partial charge in [-0.05, 0) is 18.6 Å². The Bertz CT molecular complexity index is 735. The smallest absolute Gasteiger partial charge is 0.308 e. The molecule has 0 unspecified atom stereocenters. The largest absolute Gasteiger partial charge is 0.466 e. The van der Waals surface area contributed by atoms with Crippen molar-refractivity contribution in [2.24, 2.45) is 0 Å². The Kier molecular flexibility index (Phi) is 8.84. The van der Waals surface area contributed by atoms with Gasteiger partial charge >= 0.3 is 17.9 Å². The van der Waals surface area contributed by atoms with Crippen LogP contribution in [0.3, 0.4) is 0 Å². The van der Waals surface area contributed by atoms with Crippen molar-refractivity contribution in [3.63, 3.8) is 0 Å².